The van der Waals surface area contributed by atoms with Crippen LogP contribution in [0.15, 0.2) is 47.6 Å². The van der Waals surface area contributed by atoms with Crippen molar-refractivity contribution in [3.05, 3.63) is 53.9 Å². The van der Waals surface area contributed by atoms with Gasteiger partial charge in [0.05, 0.1) is 36.4 Å². The van der Waals surface area contributed by atoms with E-state index in [1.54, 1.807) is 57.3 Å². The summed E-state index contributed by atoms with van der Waals surface area (Å²) in [6.45, 7) is 7.16. The highest BCUT2D eigenvalue weighted by atomic mass is 32.2. The van der Waals surface area contributed by atoms with Gasteiger partial charge in [0.1, 0.15) is 16.1 Å². The zero-order valence-electron chi connectivity index (χ0n) is 19.2. The van der Waals surface area contributed by atoms with Gasteiger partial charge in [-0.05, 0) is 51.5 Å². The van der Waals surface area contributed by atoms with Crippen molar-refractivity contribution in [3.63, 3.8) is 0 Å². The Balaban J connectivity index is 1.67. The van der Waals surface area contributed by atoms with E-state index >= 15 is 0 Å². The Labute approximate surface area is 193 Å². The molecular weight excluding hydrogens is 444 g/mol. The summed E-state index contributed by atoms with van der Waals surface area (Å²) < 4.78 is 37.9. The molecule has 2 saturated carbocycles. The van der Waals surface area contributed by atoms with Crippen LogP contribution in [0.1, 0.15) is 37.8 Å². The second-order valence-corrected chi connectivity index (χ2v) is 12.3. The number of aliphatic hydroxyl groups is 1. The van der Waals surface area contributed by atoms with Crippen LogP contribution < -0.4 is 4.74 Å². The minimum Gasteiger partial charge on any atom is -0.495 e. The molecular formula is C24H28N2O6S. The van der Waals surface area contributed by atoms with Gasteiger partial charge in [0.15, 0.2) is 9.84 Å². The van der Waals surface area contributed by atoms with Crippen LogP contribution in [-0.4, -0.2) is 65.1 Å². The molecule has 2 aromatic rings. The number of methoxy groups -OCH3 is 1. The van der Waals surface area contributed by atoms with Gasteiger partial charge < -0.3 is 14.6 Å². The molecule has 8 nitrogen and oxygen atoms in total. The summed E-state index contributed by atoms with van der Waals surface area (Å²) >= 11 is 0. The minimum atomic E-state index is -3.93. The molecule has 1 N–H and O–H groups in total. The van der Waals surface area contributed by atoms with Gasteiger partial charge in [-0.2, -0.15) is 0 Å². The molecule has 33 heavy (non-hydrogen) atoms. The van der Waals surface area contributed by atoms with Crippen molar-refractivity contribution in [2.24, 2.45) is 5.92 Å². The standard InChI is InChI=1S/C24H28N2O6S/c1-13-6-8-16(9-7-13)33(29,30)24-17(14-10-15(31-5)12-25-11-14)19-20(27)18(24)21(24)26(19)22(28)32-23(2,3)4/h6-12,17-21,27H,1-5H3. The molecule has 0 radical (unpaired) electrons. The van der Waals surface area contributed by atoms with Gasteiger partial charge in [-0.3, -0.25) is 9.88 Å². The van der Waals surface area contributed by atoms with Crippen LogP contribution in [0.2, 0.25) is 0 Å². The van der Waals surface area contributed by atoms with E-state index in [0.717, 1.165) is 5.56 Å². The predicted octanol–water partition coefficient (Wildman–Crippen LogP) is 2.69. The molecule has 0 spiro atoms. The molecule has 1 aromatic heterocycles. The van der Waals surface area contributed by atoms with Crippen LogP contribution in [-0.2, 0) is 14.6 Å². The van der Waals surface area contributed by atoms with Crippen LogP contribution in [0.5, 0.6) is 5.75 Å². The lowest BCUT2D eigenvalue weighted by atomic mass is 9.93. The van der Waals surface area contributed by atoms with Gasteiger partial charge in [-0.1, -0.05) is 17.7 Å². The molecule has 2 aliphatic heterocycles. The first-order valence-electron chi connectivity index (χ1n) is 10.9. The third-order valence-corrected chi connectivity index (χ3v) is 9.70. The average Bonchev–Trinajstić information content (AvgIpc) is 3.03. The molecule has 4 bridgehead atoms. The molecule has 4 aliphatic rings. The van der Waals surface area contributed by atoms with Gasteiger partial charge in [-0.25, -0.2) is 13.2 Å². The number of carbonyl (C=O) groups is 1. The van der Waals surface area contributed by atoms with E-state index in [0.29, 0.717) is 11.3 Å². The van der Waals surface area contributed by atoms with Crippen molar-refractivity contribution in [1.82, 2.24) is 9.88 Å². The van der Waals surface area contributed by atoms with Gasteiger partial charge in [-0.15, -0.1) is 0 Å². The normalized spacial score (nSPS) is 32.1. The van der Waals surface area contributed by atoms with Crippen molar-refractivity contribution < 1.29 is 27.8 Å². The first-order valence-corrected chi connectivity index (χ1v) is 12.4. The highest BCUT2D eigenvalue weighted by Gasteiger charge is 2.93. The maximum absolute atomic E-state index is 14.1. The second kappa shape index (κ2) is 6.93. The fraction of sp³-hybridized carbons (Fsp3) is 0.500. The number of aryl methyl sites for hydroxylation is 1. The molecule has 176 valence electrons. The number of aliphatic hydroxyl groups excluding tert-OH is 1. The number of hydrogen-bond acceptors (Lipinski definition) is 7. The van der Waals surface area contributed by atoms with E-state index in [1.165, 1.54) is 18.2 Å². The number of hydrogen-bond donors (Lipinski definition) is 1. The highest BCUT2D eigenvalue weighted by molar-refractivity contribution is 7.93. The lowest BCUT2D eigenvalue weighted by molar-refractivity contribution is 0.0153. The number of rotatable bonds is 4. The van der Waals surface area contributed by atoms with Crippen molar-refractivity contribution in [2.45, 2.75) is 67.0 Å². The Hall–Kier alpha value is -2.65. The average molecular weight is 473 g/mol. The number of pyridine rings is 1. The molecule has 1 aromatic carbocycles. The van der Waals surface area contributed by atoms with Crippen LogP contribution >= 0.6 is 0 Å². The number of aromatic nitrogens is 1. The van der Waals surface area contributed by atoms with E-state index in [1.807, 2.05) is 6.92 Å². The van der Waals surface area contributed by atoms with Crippen molar-refractivity contribution in [2.75, 3.05) is 7.11 Å². The minimum absolute atomic E-state index is 0.181. The quantitative estimate of drug-likeness (QED) is 0.729. The number of carbonyl (C=O) groups excluding carboxylic acids is 1. The number of ether oxygens (including phenoxy) is 2. The molecule has 2 aliphatic carbocycles. The van der Waals surface area contributed by atoms with Crippen molar-refractivity contribution >= 4 is 15.9 Å². The number of nitrogens with zero attached hydrogens (tertiary/aromatic N) is 2. The summed E-state index contributed by atoms with van der Waals surface area (Å²) in [6.07, 6.45) is 1.53. The lowest BCUT2D eigenvalue weighted by Gasteiger charge is -2.29. The SMILES string of the molecule is COc1cncc(C2C3C(O)C4C(N3C(=O)OC(C)(C)C)C24S(=O)(=O)c2ccc(C)cc2)c1. The van der Waals surface area contributed by atoms with Gasteiger partial charge in [0.2, 0.25) is 0 Å². The van der Waals surface area contributed by atoms with Gasteiger partial charge in [0.25, 0.3) is 0 Å². The van der Waals surface area contributed by atoms with Crippen molar-refractivity contribution in [3.8, 4) is 5.75 Å². The summed E-state index contributed by atoms with van der Waals surface area (Å²) in [5, 5.41) is 11.2. The fourth-order valence-corrected chi connectivity index (χ4v) is 8.62. The van der Waals surface area contributed by atoms with E-state index in [-0.39, 0.29) is 4.90 Å². The van der Waals surface area contributed by atoms with Crippen LogP contribution in [0.25, 0.3) is 0 Å². The smallest absolute Gasteiger partial charge is 0.410 e. The molecule has 9 heteroatoms. The van der Waals surface area contributed by atoms with E-state index in [2.05, 4.69) is 4.98 Å². The topological polar surface area (TPSA) is 106 Å². The Morgan fingerprint density at radius 1 is 1.18 bits per heavy atom. The summed E-state index contributed by atoms with van der Waals surface area (Å²) in [5.74, 6) is -0.781. The third-order valence-electron chi connectivity index (χ3n) is 7.11. The molecule has 1 amide bonds. The molecule has 2 saturated heterocycles. The van der Waals surface area contributed by atoms with Crippen LogP contribution in [0, 0.1) is 12.8 Å². The zero-order valence-corrected chi connectivity index (χ0v) is 20.0. The first kappa shape index (κ1) is 22.2. The summed E-state index contributed by atoms with van der Waals surface area (Å²) in [7, 11) is -2.42. The number of piperidine rings is 2. The number of amides is 1. The Morgan fingerprint density at radius 2 is 1.85 bits per heavy atom. The van der Waals surface area contributed by atoms with Gasteiger partial charge in [0, 0.05) is 18.0 Å². The number of benzene rings is 1. The summed E-state index contributed by atoms with van der Waals surface area (Å²) in [4.78, 5) is 19.0. The van der Waals surface area contributed by atoms with Gasteiger partial charge >= 0.3 is 6.09 Å². The molecule has 6 unspecified atom stereocenters. The number of sulfone groups is 1. The molecule has 4 fully saturated rings. The Bertz CT molecular complexity index is 1220. The zero-order chi connectivity index (χ0) is 23.9. The summed E-state index contributed by atoms with van der Waals surface area (Å²) in [5.41, 5.74) is 0.804. The van der Waals surface area contributed by atoms with E-state index < -0.39 is 56.3 Å². The van der Waals surface area contributed by atoms with E-state index in [9.17, 15) is 18.3 Å². The first-order chi connectivity index (χ1) is 15.4. The third kappa shape index (κ3) is 2.88. The largest absolute Gasteiger partial charge is 0.495 e. The molecule has 6 atom stereocenters. The Kier molecular flexibility index (Phi) is 4.65. The van der Waals surface area contributed by atoms with E-state index in [4.69, 9.17) is 9.47 Å². The molecule has 6 rings (SSSR count). The van der Waals surface area contributed by atoms with Crippen LogP contribution in [0.3, 0.4) is 0 Å². The van der Waals surface area contributed by atoms with Crippen molar-refractivity contribution in [1.29, 1.82) is 0 Å². The lowest BCUT2D eigenvalue weighted by Crippen LogP contribution is -2.43. The highest BCUT2D eigenvalue weighted by Crippen LogP contribution is 2.77. The maximum Gasteiger partial charge on any atom is 0.410 e. The maximum atomic E-state index is 14.1. The van der Waals surface area contributed by atoms with Crippen LogP contribution in [0.4, 0.5) is 4.79 Å². The second-order valence-electron chi connectivity index (χ2n) is 10.1. The summed E-state index contributed by atoms with van der Waals surface area (Å²) in [6, 6.07) is 7.03. The predicted molar refractivity (Wildman–Crippen MR) is 120 cm³/mol. The fourth-order valence-electron chi connectivity index (χ4n) is 5.97. The Morgan fingerprint density at radius 3 is 2.45 bits per heavy atom. The monoisotopic (exact) mass is 472 g/mol. The molecule has 3 heterocycles.